The van der Waals surface area contributed by atoms with Gasteiger partial charge in [-0.3, -0.25) is 4.79 Å². The Kier molecular flexibility index (Phi) is 5.17. The molecule has 0 aliphatic heterocycles. The molecule has 5 nitrogen and oxygen atoms in total. The number of hydrogen-bond donors (Lipinski definition) is 2. The van der Waals surface area contributed by atoms with Gasteiger partial charge >= 0.3 is 0 Å². The zero-order valence-corrected chi connectivity index (χ0v) is 13.4. The predicted octanol–water partition coefficient (Wildman–Crippen LogP) is 3.36. The van der Waals surface area contributed by atoms with E-state index in [1.54, 1.807) is 18.2 Å². The third-order valence-corrected chi connectivity index (χ3v) is 4.20. The van der Waals surface area contributed by atoms with Crippen LogP contribution in [0.4, 0.5) is 5.13 Å². The molecule has 0 unspecified atom stereocenters. The van der Waals surface area contributed by atoms with Gasteiger partial charge < -0.3 is 5.73 Å². The van der Waals surface area contributed by atoms with E-state index in [0.29, 0.717) is 37.7 Å². The van der Waals surface area contributed by atoms with Crippen molar-refractivity contribution >= 4 is 51.8 Å². The molecule has 2 rings (SSSR count). The Morgan fingerprint density at radius 1 is 1.48 bits per heavy atom. The van der Waals surface area contributed by atoms with E-state index in [9.17, 15) is 4.79 Å². The van der Waals surface area contributed by atoms with Gasteiger partial charge in [0.1, 0.15) is 4.88 Å². The summed E-state index contributed by atoms with van der Waals surface area (Å²) in [6, 6.07) is 5.11. The van der Waals surface area contributed by atoms with E-state index in [-0.39, 0.29) is 5.91 Å². The monoisotopic (exact) mass is 342 g/mol. The number of nitrogens with one attached hydrogen (secondary N) is 1. The van der Waals surface area contributed by atoms with Crippen LogP contribution in [0.15, 0.2) is 23.3 Å². The maximum Gasteiger partial charge on any atom is 0.283 e. The number of benzene rings is 1. The smallest absolute Gasteiger partial charge is 0.283 e. The van der Waals surface area contributed by atoms with E-state index >= 15 is 0 Å². The van der Waals surface area contributed by atoms with Gasteiger partial charge in [0, 0.05) is 5.56 Å². The van der Waals surface area contributed by atoms with Crippen molar-refractivity contribution in [3.63, 3.8) is 0 Å². The molecule has 0 aliphatic rings. The highest BCUT2D eigenvalue weighted by molar-refractivity contribution is 7.17. The lowest BCUT2D eigenvalue weighted by atomic mass is 10.2. The number of carbonyl (C=O) groups excluding carboxylic acids is 1. The van der Waals surface area contributed by atoms with Crippen LogP contribution in [0.1, 0.15) is 27.9 Å². The van der Waals surface area contributed by atoms with E-state index < -0.39 is 0 Å². The van der Waals surface area contributed by atoms with Crippen molar-refractivity contribution in [1.29, 1.82) is 0 Å². The van der Waals surface area contributed by atoms with Gasteiger partial charge in [-0.2, -0.15) is 5.10 Å². The van der Waals surface area contributed by atoms with E-state index in [0.717, 1.165) is 11.3 Å². The van der Waals surface area contributed by atoms with Crippen LogP contribution in [0.3, 0.4) is 0 Å². The van der Waals surface area contributed by atoms with E-state index in [2.05, 4.69) is 15.5 Å². The van der Waals surface area contributed by atoms with Crippen molar-refractivity contribution in [3.05, 3.63) is 44.4 Å². The summed E-state index contributed by atoms with van der Waals surface area (Å²) in [5.41, 5.74) is 9.22. The molecule has 1 aromatic heterocycles. The third kappa shape index (κ3) is 3.72. The zero-order valence-electron chi connectivity index (χ0n) is 11.1. The lowest BCUT2D eigenvalue weighted by Gasteiger charge is -2.01. The molecule has 110 valence electrons. The Morgan fingerprint density at radius 2 is 2.14 bits per heavy atom. The second-order valence-corrected chi connectivity index (χ2v) is 5.86. The van der Waals surface area contributed by atoms with Crippen LogP contribution in [0, 0.1) is 0 Å². The Bertz CT molecular complexity index is 679. The molecule has 0 saturated heterocycles. The highest BCUT2D eigenvalue weighted by Gasteiger charge is 2.15. The minimum Gasteiger partial charge on any atom is -0.375 e. The normalized spacial score (nSPS) is 11.0. The minimum atomic E-state index is -0.361. The molecular formula is C13H12Cl2N4OS. The maximum absolute atomic E-state index is 12.0. The number of thiazole rings is 1. The first-order valence-corrected chi connectivity index (χ1v) is 7.62. The number of rotatable bonds is 4. The van der Waals surface area contributed by atoms with Gasteiger partial charge in [-0.25, -0.2) is 10.4 Å². The molecule has 1 aromatic carbocycles. The fraction of sp³-hybridized carbons (Fsp3) is 0.154. The van der Waals surface area contributed by atoms with Crippen LogP contribution in [0.5, 0.6) is 0 Å². The highest BCUT2D eigenvalue weighted by atomic mass is 35.5. The van der Waals surface area contributed by atoms with Crippen LogP contribution >= 0.6 is 34.5 Å². The molecule has 0 spiro atoms. The van der Waals surface area contributed by atoms with Crippen molar-refractivity contribution in [3.8, 4) is 0 Å². The van der Waals surface area contributed by atoms with Gasteiger partial charge in [0.25, 0.3) is 5.91 Å². The minimum absolute atomic E-state index is 0.357. The number of hydrazone groups is 1. The first-order valence-electron chi connectivity index (χ1n) is 6.05. The average molecular weight is 343 g/mol. The SMILES string of the molecule is CCc1nc(N)sc1C(=O)NN=Cc1c(Cl)cccc1Cl. The van der Waals surface area contributed by atoms with Gasteiger partial charge in [0.2, 0.25) is 0 Å². The number of aromatic nitrogens is 1. The number of carbonyl (C=O) groups is 1. The lowest BCUT2D eigenvalue weighted by Crippen LogP contribution is -2.17. The summed E-state index contributed by atoms with van der Waals surface area (Å²) in [5.74, 6) is -0.361. The first-order chi connectivity index (χ1) is 10.0. The highest BCUT2D eigenvalue weighted by Crippen LogP contribution is 2.22. The molecule has 0 radical (unpaired) electrons. The molecule has 0 atom stereocenters. The zero-order chi connectivity index (χ0) is 15.4. The average Bonchev–Trinajstić information content (AvgIpc) is 2.83. The summed E-state index contributed by atoms with van der Waals surface area (Å²) in [5, 5.41) is 5.14. The van der Waals surface area contributed by atoms with Crippen LogP contribution in [0.25, 0.3) is 0 Å². The number of anilines is 1. The van der Waals surface area contributed by atoms with Gasteiger partial charge in [0.15, 0.2) is 5.13 Å². The Hall–Kier alpha value is -1.63. The molecule has 1 amide bonds. The molecule has 3 N–H and O–H groups in total. The first kappa shape index (κ1) is 15.8. The molecule has 0 saturated carbocycles. The molecular weight excluding hydrogens is 331 g/mol. The number of hydrogen-bond acceptors (Lipinski definition) is 5. The summed E-state index contributed by atoms with van der Waals surface area (Å²) >= 11 is 13.1. The Labute approximate surface area is 135 Å². The molecule has 0 bridgehead atoms. The molecule has 2 aromatic rings. The van der Waals surface area contributed by atoms with Crippen molar-refractivity contribution < 1.29 is 4.79 Å². The predicted molar refractivity (Wildman–Crippen MR) is 87.4 cm³/mol. The Balaban J connectivity index is 2.12. The molecule has 8 heteroatoms. The fourth-order valence-corrected chi connectivity index (χ4v) is 2.93. The third-order valence-electron chi connectivity index (χ3n) is 2.61. The molecule has 21 heavy (non-hydrogen) atoms. The Morgan fingerprint density at radius 3 is 2.76 bits per heavy atom. The van der Waals surface area contributed by atoms with E-state index in [4.69, 9.17) is 28.9 Å². The topological polar surface area (TPSA) is 80.4 Å². The van der Waals surface area contributed by atoms with Crippen LogP contribution in [-0.2, 0) is 6.42 Å². The van der Waals surface area contributed by atoms with E-state index in [1.807, 2.05) is 6.92 Å². The summed E-state index contributed by atoms with van der Waals surface area (Å²) in [7, 11) is 0. The number of nitrogens with zero attached hydrogens (tertiary/aromatic N) is 2. The lowest BCUT2D eigenvalue weighted by molar-refractivity contribution is 0.0958. The van der Waals surface area contributed by atoms with Crippen molar-refractivity contribution in [1.82, 2.24) is 10.4 Å². The number of aryl methyl sites for hydroxylation is 1. The molecule has 1 heterocycles. The second-order valence-electron chi connectivity index (χ2n) is 4.02. The number of nitrogen functional groups attached to an aromatic ring is 1. The van der Waals surface area contributed by atoms with Crippen LogP contribution in [0.2, 0.25) is 10.0 Å². The number of amides is 1. The van der Waals surface area contributed by atoms with Crippen molar-refractivity contribution in [2.45, 2.75) is 13.3 Å². The van der Waals surface area contributed by atoms with Gasteiger partial charge in [-0.05, 0) is 18.6 Å². The summed E-state index contributed by atoms with van der Waals surface area (Å²) in [6.07, 6.45) is 2.02. The van der Waals surface area contributed by atoms with Gasteiger partial charge in [-0.1, -0.05) is 47.5 Å². The molecule has 0 aliphatic carbocycles. The standard InChI is InChI=1S/C13H12Cl2N4OS/c1-2-10-11(21-13(16)18-10)12(20)19-17-6-7-8(14)4-3-5-9(7)15/h3-6H,2H2,1H3,(H2,16,18)(H,19,20). The second kappa shape index (κ2) is 6.89. The summed E-state index contributed by atoms with van der Waals surface area (Å²) in [6.45, 7) is 1.90. The van der Waals surface area contributed by atoms with E-state index in [1.165, 1.54) is 6.21 Å². The van der Waals surface area contributed by atoms with Crippen molar-refractivity contribution in [2.24, 2.45) is 5.10 Å². The largest absolute Gasteiger partial charge is 0.375 e. The summed E-state index contributed by atoms with van der Waals surface area (Å²) < 4.78 is 0. The fourth-order valence-electron chi connectivity index (χ4n) is 1.63. The number of nitrogens with two attached hydrogens (primary N) is 1. The molecule has 0 fully saturated rings. The van der Waals surface area contributed by atoms with Gasteiger partial charge in [-0.15, -0.1) is 0 Å². The quantitative estimate of drug-likeness (QED) is 0.660. The maximum atomic E-state index is 12.0. The van der Waals surface area contributed by atoms with Crippen molar-refractivity contribution in [2.75, 3.05) is 5.73 Å². The summed E-state index contributed by atoms with van der Waals surface area (Å²) in [4.78, 5) is 16.6. The van der Waals surface area contributed by atoms with Gasteiger partial charge in [0.05, 0.1) is 22.0 Å². The van der Waals surface area contributed by atoms with Crippen LogP contribution < -0.4 is 11.2 Å². The van der Waals surface area contributed by atoms with Crippen LogP contribution in [-0.4, -0.2) is 17.1 Å². The number of halogens is 2.